The number of aliphatic hydroxyl groups excluding tert-OH is 1. The van der Waals surface area contributed by atoms with Gasteiger partial charge in [-0.15, -0.1) is 0 Å². The third-order valence-corrected chi connectivity index (χ3v) is 5.19. The second kappa shape index (κ2) is 22.1. The zero-order chi connectivity index (χ0) is 20.7. The van der Waals surface area contributed by atoms with E-state index in [4.69, 9.17) is 0 Å². The van der Waals surface area contributed by atoms with Crippen molar-refractivity contribution < 1.29 is 19.5 Å². The molecule has 0 aliphatic heterocycles. The van der Waals surface area contributed by atoms with Gasteiger partial charge in [0.2, 0.25) is 5.91 Å². The van der Waals surface area contributed by atoms with Crippen molar-refractivity contribution in [1.29, 1.82) is 0 Å². The van der Waals surface area contributed by atoms with Crippen LogP contribution in [0.15, 0.2) is 0 Å². The molecule has 0 saturated carbocycles. The van der Waals surface area contributed by atoms with Crippen molar-refractivity contribution in [3.05, 3.63) is 0 Å². The Morgan fingerprint density at radius 3 is 1.54 bits per heavy atom. The number of carbonyl (C=O) groups excluding carboxylic acids is 3. The van der Waals surface area contributed by atoms with Crippen molar-refractivity contribution >= 4 is 18.5 Å². The SMILES string of the molecule is O=CCCCCCCCCCCCCCCCCC(=O)NC(CO)CCC=O. The van der Waals surface area contributed by atoms with E-state index in [1.807, 2.05) is 0 Å². The van der Waals surface area contributed by atoms with Crippen LogP contribution in [0.4, 0.5) is 0 Å². The minimum atomic E-state index is -0.292. The number of amides is 1. The van der Waals surface area contributed by atoms with E-state index in [-0.39, 0.29) is 18.6 Å². The quantitative estimate of drug-likeness (QED) is 0.201. The summed E-state index contributed by atoms with van der Waals surface area (Å²) in [6.45, 7) is -0.110. The zero-order valence-corrected chi connectivity index (χ0v) is 17.8. The zero-order valence-electron chi connectivity index (χ0n) is 17.8. The molecular weight excluding hydrogens is 354 g/mol. The summed E-state index contributed by atoms with van der Waals surface area (Å²) in [5.41, 5.74) is 0. The Labute approximate surface area is 172 Å². The van der Waals surface area contributed by atoms with Crippen molar-refractivity contribution in [3.63, 3.8) is 0 Å². The van der Waals surface area contributed by atoms with E-state index < -0.39 is 0 Å². The molecule has 0 saturated heterocycles. The van der Waals surface area contributed by atoms with Crippen molar-refractivity contribution in [2.45, 2.75) is 122 Å². The molecule has 1 atom stereocenters. The number of carbonyl (C=O) groups is 3. The van der Waals surface area contributed by atoms with Crippen LogP contribution in [0.3, 0.4) is 0 Å². The Hall–Kier alpha value is -1.23. The first-order valence-corrected chi connectivity index (χ1v) is 11.5. The minimum Gasteiger partial charge on any atom is -0.394 e. The van der Waals surface area contributed by atoms with E-state index in [1.54, 1.807) is 0 Å². The Morgan fingerprint density at radius 2 is 1.11 bits per heavy atom. The van der Waals surface area contributed by atoms with Gasteiger partial charge in [-0.05, 0) is 19.3 Å². The van der Waals surface area contributed by atoms with Gasteiger partial charge in [0, 0.05) is 19.3 Å². The lowest BCUT2D eigenvalue weighted by Gasteiger charge is -2.14. The van der Waals surface area contributed by atoms with Crippen LogP contribution in [0, 0.1) is 0 Å². The maximum Gasteiger partial charge on any atom is 0.220 e. The maximum absolute atomic E-state index is 11.8. The van der Waals surface area contributed by atoms with Crippen molar-refractivity contribution in [3.8, 4) is 0 Å². The lowest BCUT2D eigenvalue weighted by atomic mass is 10.0. The average molecular weight is 398 g/mol. The third kappa shape index (κ3) is 19.5. The molecule has 0 heterocycles. The van der Waals surface area contributed by atoms with E-state index in [1.165, 1.54) is 70.6 Å². The van der Waals surface area contributed by atoms with E-state index >= 15 is 0 Å². The summed E-state index contributed by atoms with van der Waals surface area (Å²) in [6.07, 6.45) is 21.1. The molecule has 28 heavy (non-hydrogen) atoms. The van der Waals surface area contributed by atoms with E-state index in [0.29, 0.717) is 19.3 Å². The molecule has 0 bridgehead atoms. The predicted octanol–water partition coefficient (Wildman–Crippen LogP) is 4.88. The molecule has 1 unspecified atom stereocenters. The van der Waals surface area contributed by atoms with Gasteiger partial charge in [0.15, 0.2) is 0 Å². The summed E-state index contributed by atoms with van der Waals surface area (Å²) >= 11 is 0. The van der Waals surface area contributed by atoms with Crippen molar-refractivity contribution in [1.82, 2.24) is 5.32 Å². The van der Waals surface area contributed by atoms with E-state index in [2.05, 4.69) is 5.32 Å². The van der Waals surface area contributed by atoms with Gasteiger partial charge in [-0.1, -0.05) is 77.0 Å². The lowest BCUT2D eigenvalue weighted by molar-refractivity contribution is -0.122. The number of aldehydes is 2. The fourth-order valence-electron chi connectivity index (χ4n) is 3.41. The summed E-state index contributed by atoms with van der Waals surface area (Å²) in [4.78, 5) is 32.4. The molecule has 0 fully saturated rings. The van der Waals surface area contributed by atoms with Crippen LogP contribution >= 0.6 is 0 Å². The molecule has 0 radical (unpaired) electrons. The van der Waals surface area contributed by atoms with Crippen LogP contribution in [0.2, 0.25) is 0 Å². The van der Waals surface area contributed by atoms with E-state index in [0.717, 1.165) is 38.3 Å². The molecule has 0 spiro atoms. The fourth-order valence-corrected chi connectivity index (χ4v) is 3.41. The molecule has 0 rings (SSSR count). The van der Waals surface area contributed by atoms with Gasteiger partial charge in [-0.25, -0.2) is 0 Å². The van der Waals surface area contributed by atoms with E-state index in [9.17, 15) is 19.5 Å². The van der Waals surface area contributed by atoms with Crippen LogP contribution in [0.5, 0.6) is 0 Å². The first-order valence-electron chi connectivity index (χ1n) is 11.5. The van der Waals surface area contributed by atoms with Gasteiger partial charge in [0.25, 0.3) is 0 Å². The fraction of sp³-hybridized carbons (Fsp3) is 0.870. The van der Waals surface area contributed by atoms with Crippen LogP contribution < -0.4 is 5.32 Å². The highest BCUT2D eigenvalue weighted by atomic mass is 16.3. The highest BCUT2D eigenvalue weighted by Crippen LogP contribution is 2.13. The van der Waals surface area contributed by atoms with Gasteiger partial charge in [0.05, 0.1) is 12.6 Å². The van der Waals surface area contributed by atoms with Gasteiger partial charge >= 0.3 is 0 Å². The van der Waals surface area contributed by atoms with Gasteiger partial charge in [0.1, 0.15) is 12.6 Å². The van der Waals surface area contributed by atoms with Gasteiger partial charge < -0.3 is 20.0 Å². The van der Waals surface area contributed by atoms with Crippen LogP contribution in [-0.2, 0) is 14.4 Å². The van der Waals surface area contributed by atoms with Crippen molar-refractivity contribution in [2.75, 3.05) is 6.61 Å². The second-order valence-corrected chi connectivity index (χ2v) is 7.85. The lowest BCUT2D eigenvalue weighted by Crippen LogP contribution is -2.37. The summed E-state index contributed by atoms with van der Waals surface area (Å²) in [5, 5.41) is 12.0. The summed E-state index contributed by atoms with van der Waals surface area (Å²) < 4.78 is 0. The highest BCUT2D eigenvalue weighted by Gasteiger charge is 2.10. The van der Waals surface area contributed by atoms with Crippen molar-refractivity contribution in [2.24, 2.45) is 0 Å². The molecule has 164 valence electrons. The summed E-state index contributed by atoms with van der Waals surface area (Å²) in [7, 11) is 0. The van der Waals surface area contributed by atoms with Crippen LogP contribution in [-0.4, -0.2) is 36.2 Å². The average Bonchev–Trinajstić information content (AvgIpc) is 2.70. The number of rotatable bonds is 22. The predicted molar refractivity (Wildman–Crippen MR) is 114 cm³/mol. The Balaban J connectivity index is 3.27. The Morgan fingerprint density at radius 1 is 0.679 bits per heavy atom. The largest absolute Gasteiger partial charge is 0.394 e. The Bertz CT molecular complexity index is 374. The molecule has 0 aromatic rings. The van der Waals surface area contributed by atoms with Gasteiger partial charge in [-0.3, -0.25) is 4.79 Å². The summed E-state index contributed by atoms with van der Waals surface area (Å²) in [6, 6.07) is -0.292. The minimum absolute atomic E-state index is 0.0197. The number of unbranched alkanes of at least 4 members (excludes halogenated alkanes) is 14. The topological polar surface area (TPSA) is 83.5 Å². The molecular formula is C23H43NO4. The molecule has 0 aliphatic carbocycles. The standard InChI is InChI=1S/C23H43NO4/c25-19-15-13-11-9-7-5-3-1-2-4-6-8-10-12-14-18-23(28)24-22(21-27)17-16-20-26/h19-20,22,27H,1-18,21H2,(H,24,28). The first-order chi connectivity index (χ1) is 13.7. The number of aliphatic hydroxyl groups is 1. The third-order valence-electron chi connectivity index (χ3n) is 5.19. The van der Waals surface area contributed by atoms with Crippen LogP contribution in [0.25, 0.3) is 0 Å². The molecule has 0 aromatic carbocycles. The molecule has 2 N–H and O–H groups in total. The monoisotopic (exact) mass is 397 g/mol. The number of hydrogen-bond donors (Lipinski definition) is 2. The first kappa shape index (κ1) is 26.8. The Kier molecular flexibility index (Phi) is 21.1. The molecule has 0 aromatic heterocycles. The normalized spacial score (nSPS) is 11.9. The molecule has 5 nitrogen and oxygen atoms in total. The molecule has 5 heteroatoms. The summed E-state index contributed by atoms with van der Waals surface area (Å²) in [5.74, 6) is -0.0197. The number of nitrogens with one attached hydrogen (secondary N) is 1. The van der Waals surface area contributed by atoms with Gasteiger partial charge in [-0.2, -0.15) is 0 Å². The number of hydrogen-bond acceptors (Lipinski definition) is 4. The molecule has 1 amide bonds. The maximum atomic E-state index is 11.8. The smallest absolute Gasteiger partial charge is 0.220 e. The second-order valence-electron chi connectivity index (χ2n) is 7.85. The van der Waals surface area contributed by atoms with Crippen LogP contribution in [0.1, 0.15) is 116 Å². The highest BCUT2D eigenvalue weighted by molar-refractivity contribution is 5.76. The molecule has 0 aliphatic rings.